The monoisotopic (exact) mass is 348 g/mol. The van der Waals surface area contributed by atoms with E-state index in [0.717, 1.165) is 16.3 Å². The fourth-order valence-corrected chi connectivity index (χ4v) is 2.78. The van der Waals surface area contributed by atoms with E-state index in [9.17, 15) is 14.7 Å². The van der Waals surface area contributed by atoms with Crippen LogP contribution in [0.25, 0.3) is 10.8 Å². The number of hydrogen-bond donors (Lipinski definition) is 2. The molecule has 3 aromatic rings. The van der Waals surface area contributed by atoms with Gasteiger partial charge in [-0.1, -0.05) is 45.0 Å². The quantitative estimate of drug-likeness (QED) is 0.731. The van der Waals surface area contributed by atoms with Crippen LogP contribution >= 0.6 is 0 Å². The third kappa shape index (κ3) is 3.42. The summed E-state index contributed by atoms with van der Waals surface area (Å²) < 4.78 is 0. The molecule has 0 aliphatic heterocycles. The highest BCUT2D eigenvalue weighted by Crippen LogP contribution is 2.27. The Balaban J connectivity index is 2.05. The van der Waals surface area contributed by atoms with Gasteiger partial charge in [-0.15, -0.1) is 0 Å². The van der Waals surface area contributed by atoms with Crippen molar-refractivity contribution in [2.24, 2.45) is 0 Å². The van der Waals surface area contributed by atoms with Crippen molar-refractivity contribution < 1.29 is 14.7 Å². The van der Waals surface area contributed by atoms with E-state index in [0.29, 0.717) is 0 Å². The van der Waals surface area contributed by atoms with Crippen LogP contribution in [-0.2, 0) is 5.41 Å². The number of carbonyl (C=O) groups is 2. The van der Waals surface area contributed by atoms with Gasteiger partial charge in [0.05, 0.1) is 11.3 Å². The summed E-state index contributed by atoms with van der Waals surface area (Å²) in [4.78, 5) is 28.4. The standard InChI is InChI=1S/C21H20N2O3/c1-21(2,3)14-9-8-13-10-11-22-18(16(13)12-14)19(24)23-17-7-5-4-6-15(17)20(25)26/h4-12H,1-3H3,(H,23,24)(H,25,26). The minimum atomic E-state index is -1.10. The number of hydrogen-bond acceptors (Lipinski definition) is 3. The van der Waals surface area contributed by atoms with Crippen LogP contribution in [0.3, 0.4) is 0 Å². The van der Waals surface area contributed by atoms with Gasteiger partial charge in [0.15, 0.2) is 0 Å². The van der Waals surface area contributed by atoms with Crippen molar-refractivity contribution in [2.75, 3.05) is 5.32 Å². The summed E-state index contributed by atoms with van der Waals surface area (Å²) in [5.74, 6) is -1.53. The molecule has 3 rings (SSSR count). The Bertz CT molecular complexity index is 1000. The lowest BCUT2D eigenvalue weighted by atomic mass is 9.86. The van der Waals surface area contributed by atoms with Crippen molar-refractivity contribution in [2.45, 2.75) is 26.2 Å². The molecule has 132 valence electrons. The van der Waals surface area contributed by atoms with Gasteiger partial charge in [0, 0.05) is 11.6 Å². The van der Waals surface area contributed by atoms with Gasteiger partial charge < -0.3 is 10.4 Å². The lowest BCUT2D eigenvalue weighted by Gasteiger charge is -2.20. The summed E-state index contributed by atoms with van der Waals surface area (Å²) >= 11 is 0. The van der Waals surface area contributed by atoms with Crippen LogP contribution in [-0.4, -0.2) is 22.0 Å². The van der Waals surface area contributed by atoms with E-state index in [2.05, 4.69) is 31.1 Å². The molecule has 0 fully saturated rings. The molecule has 0 saturated carbocycles. The number of amides is 1. The molecule has 0 spiro atoms. The number of carbonyl (C=O) groups excluding carboxylic acids is 1. The first kappa shape index (κ1) is 17.6. The van der Waals surface area contributed by atoms with Gasteiger partial charge in [-0.2, -0.15) is 0 Å². The maximum absolute atomic E-state index is 12.8. The van der Waals surface area contributed by atoms with Crippen molar-refractivity contribution in [1.29, 1.82) is 0 Å². The van der Waals surface area contributed by atoms with Gasteiger partial charge in [0.1, 0.15) is 5.69 Å². The van der Waals surface area contributed by atoms with E-state index in [1.54, 1.807) is 24.4 Å². The van der Waals surface area contributed by atoms with Crippen LogP contribution in [0.2, 0.25) is 0 Å². The van der Waals surface area contributed by atoms with Crippen LogP contribution < -0.4 is 5.32 Å². The number of anilines is 1. The maximum Gasteiger partial charge on any atom is 0.337 e. The number of benzene rings is 2. The molecule has 26 heavy (non-hydrogen) atoms. The Morgan fingerprint density at radius 3 is 2.46 bits per heavy atom. The van der Waals surface area contributed by atoms with Crippen LogP contribution in [0.15, 0.2) is 54.7 Å². The molecule has 0 atom stereocenters. The van der Waals surface area contributed by atoms with Gasteiger partial charge in [0.2, 0.25) is 0 Å². The lowest BCUT2D eigenvalue weighted by Crippen LogP contribution is -2.17. The molecule has 1 heterocycles. The van der Waals surface area contributed by atoms with E-state index >= 15 is 0 Å². The van der Waals surface area contributed by atoms with Crippen molar-refractivity contribution >= 4 is 28.3 Å². The summed E-state index contributed by atoms with van der Waals surface area (Å²) in [6.07, 6.45) is 1.58. The zero-order chi connectivity index (χ0) is 18.9. The molecule has 0 unspecified atom stereocenters. The van der Waals surface area contributed by atoms with Gasteiger partial charge in [-0.05, 0) is 40.6 Å². The highest BCUT2D eigenvalue weighted by Gasteiger charge is 2.19. The molecule has 0 aliphatic carbocycles. The highest BCUT2D eigenvalue weighted by atomic mass is 16.4. The number of nitrogens with one attached hydrogen (secondary N) is 1. The normalized spacial score (nSPS) is 11.3. The van der Waals surface area contributed by atoms with Crippen molar-refractivity contribution in [3.8, 4) is 0 Å². The smallest absolute Gasteiger partial charge is 0.337 e. The minimum absolute atomic E-state index is 0.0384. The van der Waals surface area contributed by atoms with Gasteiger partial charge in [0.25, 0.3) is 5.91 Å². The number of aromatic carboxylic acids is 1. The SMILES string of the molecule is CC(C)(C)c1ccc2ccnc(C(=O)Nc3ccccc3C(=O)O)c2c1. The molecular formula is C21H20N2O3. The lowest BCUT2D eigenvalue weighted by molar-refractivity contribution is 0.0698. The maximum atomic E-state index is 12.8. The summed E-state index contributed by atoms with van der Waals surface area (Å²) in [6, 6.07) is 14.1. The number of pyridine rings is 1. The van der Waals surface area contributed by atoms with E-state index < -0.39 is 11.9 Å². The van der Waals surface area contributed by atoms with Gasteiger partial charge >= 0.3 is 5.97 Å². The second-order valence-electron chi connectivity index (χ2n) is 7.15. The third-order valence-corrected chi connectivity index (χ3v) is 4.25. The number of carboxylic acids is 1. The molecule has 1 aromatic heterocycles. The third-order valence-electron chi connectivity index (χ3n) is 4.25. The van der Waals surface area contributed by atoms with Crippen molar-refractivity contribution in [3.05, 3.63) is 71.5 Å². The first-order valence-corrected chi connectivity index (χ1v) is 8.30. The largest absolute Gasteiger partial charge is 0.478 e. The number of rotatable bonds is 3. The number of fused-ring (bicyclic) bond motifs is 1. The van der Waals surface area contributed by atoms with Crippen molar-refractivity contribution in [3.63, 3.8) is 0 Å². The minimum Gasteiger partial charge on any atom is -0.478 e. The highest BCUT2D eigenvalue weighted by molar-refractivity contribution is 6.13. The van der Waals surface area contributed by atoms with E-state index in [1.807, 2.05) is 24.3 Å². The molecule has 0 aliphatic rings. The zero-order valence-electron chi connectivity index (χ0n) is 14.9. The van der Waals surface area contributed by atoms with Gasteiger partial charge in [-0.3, -0.25) is 9.78 Å². The average molecular weight is 348 g/mol. The second-order valence-corrected chi connectivity index (χ2v) is 7.15. The molecule has 0 saturated heterocycles. The molecule has 5 nitrogen and oxygen atoms in total. The molecule has 2 aromatic carbocycles. The molecule has 5 heteroatoms. The van der Waals surface area contributed by atoms with E-state index in [4.69, 9.17) is 0 Å². The Morgan fingerprint density at radius 1 is 1.04 bits per heavy atom. The number of para-hydroxylation sites is 1. The Kier molecular flexibility index (Phi) is 4.47. The molecule has 1 amide bonds. The van der Waals surface area contributed by atoms with Crippen LogP contribution in [0, 0.1) is 0 Å². The van der Waals surface area contributed by atoms with Crippen LogP contribution in [0.1, 0.15) is 47.2 Å². The van der Waals surface area contributed by atoms with Crippen molar-refractivity contribution in [1.82, 2.24) is 4.98 Å². The Labute approximate surface area is 151 Å². The predicted octanol–water partition coefficient (Wildman–Crippen LogP) is 4.48. The molecule has 0 radical (unpaired) electrons. The number of aromatic nitrogens is 1. The summed E-state index contributed by atoms with van der Waals surface area (Å²) in [7, 11) is 0. The second kappa shape index (κ2) is 6.59. The summed E-state index contributed by atoms with van der Waals surface area (Å²) in [6.45, 7) is 6.31. The molecule has 0 bridgehead atoms. The Hall–Kier alpha value is -3.21. The number of nitrogens with zero attached hydrogens (tertiary/aromatic N) is 1. The predicted molar refractivity (Wildman–Crippen MR) is 102 cm³/mol. The topological polar surface area (TPSA) is 79.3 Å². The molecule has 2 N–H and O–H groups in total. The van der Waals surface area contributed by atoms with Gasteiger partial charge in [-0.25, -0.2) is 4.79 Å². The summed E-state index contributed by atoms with van der Waals surface area (Å²) in [5, 5.41) is 13.6. The van der Waals surface area contributed by atoms with Crippen LogP contribution in [0.4, 0.5) is 5.69 Å². The summed E-state index contributed by atoms with van der Waals surface area (Å²) in [5.41, 5.74) is 1.59. The fourth-order valence-electron chi connectivity index (χ4n) is 2.78. The number of carboxylic acid groups (broad SMARTS) is 1. The first-order valence-electron chi connectivity index (χ1n) is 8.30. The van der Waals surface area contributed by atoms with E-state index in [-0.39, 0.29) is 22.4 Å². The first-order chi connectivity index (χ1) is 12.3. The van der Waals surface area contributed by atoms with E-state index in [1.165, 1.54) is 6.07 Å². The van der Waals surface area contributed by atoms with Crippen LogP contribution in [0.5, 0.6) is 0 Å². The average Bonchev–Trinajstić information content (AvgIpc) is 2.60. The fraction of sp³-hybridized carbons (Fsp3) is 0.190. The zero-order valence-corrected chi connectivity index (χ0v) is 14.9. The Morgan fingerprint density at radius 2 is 1.77 bits per heavy atom. The molecular weight excluding hydrogens is 328 g/mol.